The number of rotatable bonds is 5. The molecule has 1 aromatic rings. The Bertz CT molecular complexity index is 543. The molecule has 2 N–H and O–H groups in total. The average molecular weight is 294 g/mol. The summed E-state index contributed by atoms with van der Waals surface area (Å²) < 4.78 is 5.28. The molecule has 1 aliphatic heterocycles. The minimum Gasteiger partial charge on any atom is -0.381 e. The van der Waals surface area contributed by atoms with Gasteiger partial charge in [0, 0.05) is 31.7 Å². The molecule has 8 nitrogen and oxygen atoms in total. The molecule has 8 heteroatoms. The maximum atomic E-state index is 12.3. The van der Waals surface area contributed by atoms with Gasteiger partial charge >= 0.3 is 0 Å². The zero-order chi connectivity index (χ0) is 15.4. The molecule has 0 radical (unpaired) electrons. The lowest BCUT2D eigenvalue weighted by atomic mass is 10.0. The van der Waals surface area contributed by atoms with Gasteiger partial charge in [0.25, 0.3) is 11.6 Å². The lowest BCUT2D eigenvalue weighted by molar-refractivity contribution is -0.385. The van der Waals surface area contributed by atoms with E-state index in [1.54, 1.807) is 7.05 Å². The summed E-state index contributed by atoms with van der Waals surface area (Å²) in [7, 11) is 1.63. The van der Waals surface area contributed by atoms with E-state index in [0.717, 1.165) is 12.6 Å². The van der Waals surface area contributed by atoms with E-state index in [-0.39, 0.29) is 23.2 Å². The average Bonchev–Trinajstić information content (AvgIpc) is 3.00. The summed E-state index contributed by atoms with van der Waals surface area (Å²) in [6.07, 6.45) is 1.96. The number of hydrogen-bond acceptors (Lipinski definition) is 6. The number of hydrogen-bond donors (Lipinski definition) is 2. The zero-order valence-electron chi connectivity index (χ0n) is 12.0. The molecule has 1 fully saturated rings. The minimum absolute atomic E-state index is 0.00474. The van der Waals surface area contributed by atoms with E-state index in [0.29, 0.717) is 19.0 Å². The molecule has 114 valence electrons. The Hall–Kier alpha value is -2.22. The fourth-order valence-corrected chi connectivity index (χ4v) is 2.26. The number of amides is 1. The second-order valence-corrected chi connectivity index (χ2v) is 4.98. The maximum absolute atomic E-state index is 12.3. The number of pyridine rings is 1. The highest BCUT2D eigenvalue weighted by molar-refractivity contribution is 5.98. The number of ether oxygens (including phenoxy) is 1. The van der Waals surface area contributed by atoms with Gasteiger partial charge in [0.05, 0.1) is 11.5 Å². The number of nitrogens with zero attached hydrogens (tertiary/aromatic N) is 2. The topological polar surface area (TPSA) is 106 Å². The Kier molecular flexibility index (Phi) is 4.69. The fraction of sp³-hybridized carbons (Fsp3) is 0.538. The standard InChI is InChI=1S/C13H18N4O4/c1-8(9-3-4-21-7-9)16-13(18)10-5-12(14-2)15-6-11(10)17(19)20/h5-6,8-9H,3-4,7H2,1-2H3,(H,14,15)(H,16,18). The normalized spacial score (nSPS) is 19.0. The third-order valence-corrected chi connectivity index (χ3v) is 3.61. The molecule has 2 rings (SSSR count). The molecule has 21 heavy (non-hydrogen) atoms. The Morgan fingerprint density at radius 2 is 2.38 bits per heavy atom. The van der Waals surface area contributed by atoms with Crippen molar-refractivity contribution in [2.75, 3.05) is 25.6 Å². The molecule has 2 atom stereocenters. The number of carbonyl (C=O) groups excluding carboxylic acids is 1. The smallest absolute Gasteiger partial charge is 0.300 e. The van der Waals surface area contributed by atoms with Crippen molar-refractivity contribution < 1.29 is 14.5 Å². The van der Waals surface area contributed by atoms with Crippen molar-refractivity contribution in [2.24, 2.45) is 5.92 Å². The molecule has 0 aromatic carbocycles. The predicted molar refractivity (Wildman–Crippen MR) is 76.3 cm³/mol. The Labute approximate surface area is 122 Å². The predicted octanol–water partition coefficient (Wildman–Crippen LogP) is 1.19. The Morgan fingerprint density at radius 1 is 1.62 bits per heavy atom. The lowest BCUT2D eigenvalue weighted by Crippen LogP contribution is -2.38. The molecule has 0 bridgehead atoms. The fourth-order valence-electron chi connectivity index (χ4n) is 2.26. The van der Waals surface area contributed by atoms with Crippen LogP contribution in [0.5, 0.6) is 0 Å². The van der Waals surface area contributed by atoms with Crippen LogP contribution in [0.25, 0.3) is 0 Å². The van der Waals surface area contributed by atoms with Crippen molar-refractivity contribution in [1.29, 1.82) is 0 Å². The summed E-state index contributed by atoms with van der Waals surface area (Å²) in [5.41, 5.74) is -0.300. The van der Waals surface area contributed by atoms with Gasteiger partial charge in [0.1, 0.15) is 17.6 Å². The molecule has 2 heterocycles. The summed E-state index contributed by atoms with van der Waals surface area (Å²) >= 11 is 0. The second kappa shape index (κ2) is 6.49. The van der Waals surface area contributed by atoms with Crippen LogP contribution in [0.4, 0.5) is 11.5 Å². The van der Waals surface area contributed by atoms with Crippen LogP contribution < -0.4 is 10.6 Å². The van der Waals surface area contributed by atoms with E-state index in [1.165, 1.54) is 6.07 Å². The molecule has 1 amide bonds. The molecular weight excluding hydrogens is 276 g/mol. The van der Waals surface area contributed by atoms with Crippen LogP contribution in [0, 0.1) is 16.0 Å². The van der Waals surface area contributed by atoms with E-state index in [4.69, 9.17) is 4.74 Å². The van der Waals surface area contributed by atoms with Gasteiger partial charge in [-0.15, -0.1) is 0 Å². The molecular formula is C13H18N4O4. The van der Waals surface area contributed by atoms with Crippen LogP contribution >= 0.6 is 0 Å². The van der Waals surface area contributed by atoms with Gasteiger partial charge in [-0.2, -0.15) is 0 Å². The number of carbonyl (C=O) groups is 1. The van der Waals surface area contributed by atoms with Gasteiger partial charge in [0.15, 0.2) is 0 Å². The van der Waals surface area contributed by atoms with E-state index in [9.17, 15) is 14.9 Å². The lowest BCUT2D eigenvalue weighted by Gasteiger charge is -2.19. The number of anilines is 1. The first kappa shape index (κ1) is 15.2. The highest BCUT2D eigenvalue weighted by atomic mass is 16.6. The maximum Gasteiger partial charge on any atom is 0.300 e. The minimum atomic E-state index is -0.606. The molecule has 2 unspecified atom stereocenters. The summed E-state index contributed by atoms with van der Waals surface area (Å²) in [6, 6.07) is 1.27. The highest BCUT2D eigenvalue weighted by Crippen LogP contribution is 2.22. The summed E-state index contributed by atoms with van der Waals surface area (Å²) in [5, 5.41) is 16.6. The quantitative estimate of drug-likeness (QED) is 0.624. The van der Waals surface area contributed by atoms with Gasteiger partial charge in [-0.1, -0.05) is 0 Å². The number of aromatic nitrogens is 1. The monoisotopic (exact) mass is 294 g/mol. The molecule has 0 saturated carbocycles. The third kappa shape index (κ3) is 3.46. The molecule has 0 aliphatic carbocycles. The Morgan fingerprint density at radius 3 is 2.95 bits per heavy atom. The molecule has 1 aromatic heterocycles. The van der Waals surface area contributed by atoms with Crippen LogP contribution in [0.2, 0.25) is 0 Å². The van der Waals surface area contributed by atoms with E-state index in [1.807, 2.05) is 6.92 Å². The van der Waals surface area contributed by atoms with Crippen molar-refractivity contribution >= 4 is 17.4 Å². The number of nitro groups is 1. The van der Waals surface area contributed by atoms with Crippen molar-refractivity contribution in [1.82, 2.24) is 10.3 Å². The first-order valence-electron chi connectivity index (χ1n) is 6.73. The van der Waals surface area contributed by atoms with Gasteiger partial charge in [-0.3, -0.25) is 14.9 Å². The van der Waals surface area contributed by atoms with E-state index < -0.39 is 10.8 Å². The van der Waals surface area contributed by atoms with Crippen LogP contribution in [0.15, 0.2) is 12.3 Å². The first-order chi connectivity index (χ1) is 10.0. The Balaban J connectivity index is 2.18. The SMILES string of the molecule is CNc1cc(C(=O)NC(C)C2CCOC2)c([N+](=O)[O-])cn1. The van der Waals surface area contributed by atoms with E-state index >= 15 is 0 Å². The van der Waals surface area contributed by atoms with Crippen LogP contribution in [0.1, 0.15) is 23.7 Å². The molecule has 0 spiro atoms. The van der Waals surface area contributed by atoms with Gasteiger partial charge < -0.3 is 15.4 Å². The van der Waals surface area contributed by atoms with E-state index in [2.05, 4.69) is 15.6 Å². The van der Waals surface area contributed by atoms with Crippen molar-refractivity contribution in [3.63, 3.8) is 0 Å². The van der Waals surface area contributed by atoms with Crippen LogP contribution in [-0.2, 0) is 4.74 Å². The first-order valence-corrected chi connectivity index (χ1v) is 6.73. The van der Waals surface area contributed by atoms with Gasteiger partial charge in [0.2, 0.25) is 0 Å². The third-order valence-electron chi connectivity index (χ3n) is 3.61. The number of nitrogens with one attached hydrogen (secondary N) is 2. The van der Waals surface area contributed by atoms with Gasteiger partial charge in [-0.25, -0.2) is 4.98 Å². The summed E-state index contributed by atoms with van der Waals surface area (Å²) in [6.45, 7) is 3.16. The molecule has 1 saturated heterocycles. The van der Waals surface area contributed by atoms with Crippen LogP contribution in [-0.4, -0.2) is 42.1 Å². The van der Waals surface area contributed by atoms with Crippen molar-refractivity contribution in [2.45, 2.75) is 19.4 Å². The second-order valence-electron chi connectivity index (χ2n) is 4.98. The van der Waals surface area contributed by atoms with Crippen molar-refractivity contribution in [3.8, 4) is 0 Å². The van der Waals surface area contributed by atoms with Crippen molar-refractivity contribution in [3.05, 3.63) is 27.9 Å². The zero-order valence-corrected chi connectivity index (χ0v) is 12.0. The summed E-state index contributed by atoms with van der Waals surface area (Å²) in [4.78, 5) is 26.6. The van der Waals surface area contributed by atoms with Gasteiger partial charge in [-0.05, 0) is 13.3 Å². The largest absolute Gasteiger partial charge is 0.381 e. The summed E-state index contributed by atoms with van der Waals surface area (Å²) in [5.74, 6) is 0.168. The highest BCUT2D eigenvalue weighted by Gasteiger charge is 2.27. The van der Waals surface area contributed by atoms with Crippen LogP contribution in [0.3, 0.4) is 0 Å². The molecule has 1 aliphatic rings.